The van der Waals surface area contributed by atoms with Gasteiger partial charge in [-0.15, -0.1) is 0 Å². The van der Waals surface area contributed by atoms with E-state index >= 15 is 0 Å². The van der Waals surface area contributed by atoms with Crippen molar-refractivity contribution in [1.29, 1.82) is 0 Å². The van der Waals surface area contributed by atoms with Crippen LogP contribution in [0.5, 0.6) is 0 Å². The van der Waals surface area contributed by atoms with Crippen molar-refractivity contribution in [2.75, 3.05) is 19.6 Å². The minimum absolute atomic E-state index is 0.278. The van der Waals surface area contributed by atoms with Crippen molar-refractivity contribution in [2.24, 2.45) is 17.2 Å². The largest absolute Gasteiger partial charge is 0.481 e. The van der Waals surface area contributed by atoms with Gasteiger partial charge in [-0.3, -0.25) is 14.4 Å². The standard InChI is InChI=1S/3C6H13NO2/c3*7-5-3-1-2-4-6(8)9/h3*1-5,7H2,(H,8,9). The van der Waals surface area contributed by atoms with Crippen LogP contribution in [-0.2, 0) is 14.4 Å². The molecule has 0 rings (SSSR count). The van der Waals surface area contributed by atoms with Crippen molar-refractivity contribution < 1.29 is 29.7 Å². The maximum atomic E-state index is 9.93. The Morgan fingerprint density at radius 2 is 0.667 bits per heavy atom. The van der Waals surface area contributed by atoms with Crippen molar-refractivity contribution in [2.45, 2.75) is 77.0 Å². The highest BCUT2D eigenvalue weighted by Gasteiger charge is 1.95. The average Bonchev–Trinajstić information content (AvgIpc) is 2.60. The molecule has 0 aromatic heterocycles. The number of hydrogen-bond acceptors (Lipinski definition) is 6. The van der Waals surface area contributed by atoms with Gasteiger partial charge in [0.1, 0.15) is 0 Å². The maximum Gasteiger partial charge on any atom is 0.303 e. The molecule has 0 aliphatic rings. The number of carbonyl (C=O) groups is 3. The summed E-state index contributed by atoms with van der Waals surface area (Å²) in [5.41, 5.74) is 15.6. The van der Waals surface area contributed by atoms with Gasteiger partial charge in [-0.1, -0.05) is 19.3 Å². The van der Waals surface area contributed by atoms with E-state index in [4.69, 9.17) is 32.5 Å². The fourth-order valence-electron chi connectivity index (χ4n) is 1.79. The van der Waals surface area contributed by atoms with E-state index in [-0.39, 0.29) is 19.3 Å². The van der Waals surface area contributed by atoms with E-state index in [1.165, 1.54) is 0 Å². The highest BCUT2D eigenvalue weighted by Crippen LogP contribution is 1.98. The van der Waals surface area contributed by atoms with E-state index in [0.29, 0.717) is 19.6 Å². The quantitative estimate of drug-likeness (QED) is 0.225. The predicted octanol–water partition coefficient (Wildman–Crippen LogP) is 1.77. The van der Waals surface area contributed by atoms with Gasteiger partial charge in [0, 0.05) is 19.3 Å². The van der Waals surface area contributed by atoms with Gasteiger partial charge in [0.2, 0.25) is 0 Å². The van der Waals surface area contributed by atoms with E-state index in [9.17, 15) is 14.4 Å². The zero-order valence-electron chi connectivity index (χ0n) is 16.4. The van der Waals surface area contributed by atoms with E-state index in [0.717, 1.165) is 57.8 Å². The van der Waals surface area contributed by atoms with Crippen molar-refractivity contribution in [3.63, 3.8) is 0 Å². The van der Waals surface area contributed by atoms with Crippen LogP contribution in [-0.4, -0.2) is 52.9 Å². The van der Waals surface area contributed by atoms with Crippen LogP contribution in [0.25, 0.3) is 0 Å². The smallest absolute Gasteiger partial charge is 0.303 e. The number of hydrogen-bond donors (Lipinski definition) is 6. The lowest BCUT2D eigenvalue weighted by Crippen LogP contribution is -1.99. The van der Waals surface area contributed by atoms with Gasteiger partial charge in [-0.05, 0) is 58.2 Å². The van der Waals surface area contributed by atoms with Gasteiger partial charge in [-0.2, -0.15) is 0 Å². The Balaban J connectivity index is -0.000000320. The molecule has 9 heteroatoms. The number of aliphatic carboxylic acids is 3. The van der Waals surface area contributed by atoms with E-state index < -0.39 is 17.9 Å². The second-order valence-electron chi connectivity index (χ2n) is 5.98. The normalized spacial score (nSPS) is 9.44. The summed E-state index contributed by atoms with van der Waals surface area (Å²) >= 11 is 0. The van der Waals surface area contributed by atoms with Crippen LogP contribution in [0, 0.1) is 0 Å². The topological polar surface area (TPSA) is 190 Å². The van der Waals surface area contributed by atoms with Gasteiger partial charge in [0.25, 0.3) is 0 Å². The second kappa shape index (κ2) is 26.5. The Morgan fingerprint density at radius 3 is 0.815 bits per heavy atom. The fraction of sp³-hybridized carbons (Fsp3) is 0.833. The molecule has 0 atom stereocenters. The summed E-state index contributed by atoms with van der Waals surface area (Å²) < 4.78 is 0. The van der Waals surface area contributed by atoms with Crippen molar-refractivity contribution in [3.8, 4) is 0 Å². The SMILES string of the molecule is NCCCCCC(=O)O.NCCCCCC(=O)O.NCCCCCC(=O)O. The highest BCUT2D eigenvalue weighted by atomic mass is 16.4. The zero-order valence-corrected chi connectivity index (χ0v) is 16.4. The first kappa shape index (κ1) is 30.0. The Morgan fingerprint density at radius 1 is 0.444 bits per heavy atom. The van der Waals surface area contributed by atoms with Gasteiger partial charge in [0.15, 0.2) is 0 Å². The highest BCUT2D eigenvalue weighted by molar-refractivity contribution is 5.67. The molecule has 0 fully saturated rings. The Labute approximate surface area is 162 Å². The zero-order chi connectivity index (χ0) is 21.3. The number of nitrogens with two attached hydrogens (primary N) is 3. The summed E-state index contributed by atoms with van der Waals surface area (Å²) in [7, 11) is 0. The summed E-state index contributed by atoms with van der Waals surface area (Å²) in [4.78, 5) is 29.8. The fourth-order valence-corrected chi connectivity index (χ4v) is 1.79. The molecule has 0 bridgehead atoms. The van der Waals surface area contributed by atoms with E-state index in [2.05, 4.69) is 0 Å². The Kier molecular flexibility index (Phi) is 29.5. The molecule has 0 aliphatic carbocycles. The molecular weight excluding hydrogens is 354 g/mol. The van der Waals surface area contributed by atoms with Gasteiger partial charge < -0.3 is 32.5 Å². The molecule has 0 radical (unpaired) electrons. The third kappa shape index (κ3) is 45.5. The summed E-state index contributed by atoms with van der Waals surface area (Å²) in [6.07, 6.45) is 8.72. The maximum absolute atomic E-state index is 9.93. The predicted molar refractivity (Wildman–Crippen MR) is 105 cm³/mol. The summed E-state index contributed by atoms with van der Waals surface area (Å²) in [5, 5.41) is 24.5. The lowest BCUT2D eigenvalue weighted by molar-refractivity contribution is -0.138. The first-order chi connectivity index (χ1) is 12.8. The molecule has 0 amide bonds. The molecule has 27 heavy (non-hydrogen) atoms. The van der Waals surface area contributed by atoms with Crippen molar-refractivity contribution in [3.05, 3.63) is 0 Å². The Hall–Kier alpha value is -1.71. The van der Waals surface area contributed by atoms with Crippen molar-refractivity contribution >= 4 is 17.9 Å². The molecule has 162 valence electrons. The van der Waals surface area contributed by atoms with Crippen molar-refractivity contribution in [1.82, 2.24) is 0 Å². The van der Waals surface area contributed by atoms with Gasteiger partial charge >= 0.3 is 17.9 Å². The molecular formula is C18H39N3O6. The summed E-state index contributed by atoms with van der Waals surface area (Å²) in [6.45, 7) is 2.00. The lowest BCUT2D eigenvalue weighted by Gasteiger charge is -1.93. The van der Waals surface area contributed by atoms with Crippen LogP contribution in [0.3, 0.4) is 0 Å². The molecule has 0 aromatic rings. The van der Waals surface area contributed by atoms with E-state index in [1.54, 1.807) is 0 Å². The van der Waals surface area contributed by atoms with Crippen LogP contribution < -0.4 is 17.2 Å². The molecule has 0 spiro atoms. The first-order valence-electron chi connectivity index (χ1n) is 9.57. The average molecular weight is 394 g/mol. The Bertz CT molecular complexity index is 302. The molecule has 0 saturated carbocycles. The molecule has 0 aliphatic heterocycles. The number of carboxylic acid groups (broad SMARTS) is 3. The molecule has 0 saturated heterocycles. The molecule has 0 unspecified atom stereocenters. The van der Waals surface area contributed by atoms with Crippen LogP contribution >= 0.6 is 0 Å². The van der Waals surface area contributed by atoms with Gasteiger partial charge in [0.05, 0.1) is 0 Å². The lowest BCUT2D eigenvalue weighted by atomic mass is 10.2. The molecule has 0 aromatic carbocycles. The summed E-state index contributed by atoms with van der Waals surface area (Å²) in [5.74, 6) is -2.15. The van der Waals surface area contributed by atoms with Crippen LogP contribution in [0.2, 0.25) is 0 Å². The molecule has 9 N–H and O–H groups in total. The first-order valence-corrected chi connectivity index (χ1v) is 9.57. The number of unbranched alkanes of at least 4 members (excludes halogenated alkanes) is 6. The van der Waals surface area contributed by atoms with Crippen LogP contribution in [0.1, 0.15) is 77.0 Å². The monoisotopic (exact) mass is 393 g/mol. The summed E-state index contributed by atoms with van der Waals surface area (Å²) in [6, 6.07) is 0. The second-order valence-corrected chi connectivity index (χ2v) is 5.98. The van der Waals surface area contributed by atoms with Crippen LogP contribution in [0.4, 0.5) is 0 Å². The third-order valence-electron chi connectivity index (χ3n) is 3.28. The minimum atomic E-state index is -0.716. The van der Waals surface area contributed by atoms with Crippen LogP contribution in [0.15, 0.2) is 0 Å². The minimum Gasteiger partial charge on any atom is -0.481 e. The van der Waals surface area contributed by atoms with E-state index in [1.807, 2.05) is 0 Å². The number of carboxylic acids is 3. The van der Waals surface area contributed by atoms with Gasteiger partial charge in [-0.25, -0.2) is 0 Å². The number of rotatable bonds is 15. The third-order valence-corrected chi connectivity index (χ3v) is 3.28. The molecule has 9 nitrogen and oxygen atoms in total. The molecule has 0 heterocycles.